The summed E-state index contributed by atoms with van der Waals surface area (Å²) in [7, 11) is 0. The van der Waals surface area contributed by atoms with E-state index in [2.05, 4.69) is 48.5 Å². The molecule has 5 fully saturated rings. The number of fused-ring (bicyclic) bond motifs is 7. The highest BCUT2D eigenvalue weighted by atomic mass is 16.1. The minimum absolute atomic E-state index is 0.128. The second-order valence-electron chi connectivity index (χ2n) is 14.9. The van der Waals surface area contributed by atoms with Crippen molar-refractivity contribution in [1.82, 2.24) is 0 Å². The van der Waals surface area contributed by atoms with Crippen LogP contribution in [0.2, 0.25) is 0 Å². The highest BCUT2D eigenvalue weighted by Gasteiger charge is 2.71. The highest BCUT2D eigenvalue weighted by Crippen LogP contribution is 2.78. The molecule has 5 aliphatic rings. The molecule has 0 unspecified atom stereocenters. The number of carbonyl (C=O) groups is 2. The average molecular weight is 441 g/mol. The van der Waals surface area contributed by atoms with Gasteiger partial charge in [0.05, 0.1) is 0 Å². The van der Waals surface area contributed by atoms with Crippen molar-refractivity contribution in [3.8, 4) is 0 Å². The summed E-state index contributed by atoms with van der Waals surface area (Å²) in [4.78, 5) is 24.8. The Morgan fingerprint density at radius 3 is 2.03 bits per heavy atom. The zero-order valence-electron chi connectivity index (χ0n) is 22.0. The Morgan fingerprint density at radius 2 is 1.34 bits per heavy atom. The predicted molar refractivity (Wildman–Crippen MR) is 130 cm³/mol. The van der Waals surface area contributed by atoms with E-state index in [-0.39, 0.29) is 16.7 Å². The fourth-order valence-electron chi connectivity index (χ4n) is 11.1. The van der Waals surface area contributed by atoms with Crippen molar-refractivity contribution >= 4 is 12.1 Å². The minimum atomic E-state index is -0.128. The van der Waals surface area contributed by atoms with E-state index in [9.17, 15) is 9.59 Å². The normalized spacial score (nSPS) is 59.9. The molecule has 5 aliphatic carbocycles. The maximum absolute atomic E-state index is 12.7. The smallest absolute Gasteiger partial charge is 0.136 e. The molecule has 0 amide bonds. The molecule has 0 saturated heterocycles. The van der Waals surface area contributed by atoms with Crippen LogP contribution in [0, 0.1) is 56.2 Å². The maximum Gasteiger partial charge on any atom is 0.136 e. The number of carbonyl (C=O) groups excluding carboxylic acids is 2. The minimum Gasteiger partial charge on any atom is -0.303 e. The van der Waals surface area contributed by atoms with Crippen LogP contribution in [-0.2, 0) is 9.59 Å². The Kier molecular flexibility index (Phi) is 4.85. The summed E-state index contributed by atoms with van der Waals surface area (Å²) in [6.45, 7) is 17.4. The van der Waals surface area contributed by atoms with Gasteiger partial charge in [-0.3, -0.25) is 4.79 Å². The molecule has 0 spiro atoms. The van der Waals surface area contributed by atoms with Gasteiger partial charge in [0.25, 0.3) is 0 Å². The first-order chi connectivity index (χ1) is 14.8. The second-order valence-corrected chi connectivity index (χ2v) is 14.9. The average Bonchev–Trinajstić information content (AvgIpc) is 2.75. The molecule has 2 heteroatoms. The zero-order valence-corrected chi connectivity index (χ0v) is 22.0. The van der Waals surface area contributed by atoms with Gasteiger partial charge in [-0.2, -0.15) is 0 Å². The molecule has 180 valence electrons. The Morgan fingerprint density at radius 1 is 0.719 bits per heavy atom. The van der Waals surface area contributed by atoms with Crippen molar-refractivity contribution in [2.24, 2.45) is 56.2 Å². The van der Waals surface area contributed by atoms with Gasteiger partial charge >= 0.3 is 0 Å². The number of Topliss-reactive ketones (excluding diaryl/α,β-unsaturated/α-hetero) is 1. The third kappa shape index (κ3) is 2.65. The molecule has 0 aromatic rings. The molecule has 5 saturated carbocycles. The predicted octanol–water partition coefficient (Wildman–Crippen LogP) is 7.64. The topological polar surface area (TPSA) is 34.1 Å². The lowest BCUT2D eigenvalue weighted by molar-refractivity contribution is -0.255. The summed E-state index contributed by atoms with van der Waals surface area (Å²) in [6.07, 6.45) is 14.4. The van der Waals surface area contributed by atoms with Crippen LogP contribution >= 0.6 is 0 Å². The molecule has 0 aromatic carbocycles. The number of hydrogen-bond acceptors (Lipinski definition) is 2. The van der Waals surface area contributed by atoms with Crippen LogP contribution in [-0.4, -0.2) is 12.1 Å². The van der Waals surface area contributed by atoms with Gasteiger partial charge in [-0.1, -0.05) is 48.5 Å². The molecule has 10 atom stereocenters. The molecule has 0 N–H and O–H groups in total. The number of rotatable bonds is 1. The van der Waals surface area contributed by atoms with E-state index in [4.69, 9.17) is 0 Å². The Bertz CT molecular complexity index is 833. The molecule has 32 heavy (non-hydrogen) atoms. The zero-order chi connectivity index (χ0) is 23.4. The summed E-state index contributed by atoms with van der Waals surface area (Å²) in [6, 6.07) is 0. The van der Waals surface area contributed by atoms with E-state index in [0.29, 0.717) is 39.3 Å². The van der Waals surface area contributed by atoms with Crippen molar-refractivity contribution in [1.29, 1.82) is 0 Å². The van der Waals surface area contributed by atoms with Gasteiger partial charge in [0.2, 0.25) is 0 Å². The Balaban J connectivity index is 1.55. The number of ketones is 1. The highest BCUT2D eigenvalue weighted by molar-refractivity contribution is 5.82. The van der Waals surface area contributed by atoms with Crippen LogP contribution in [0.4, 0.5) is 0 Å². The number of aldehydes is 1. The molecule has 0 bridgehead atoms. The van der Waals surface area contributed by atoms with Gasteiger partial charge in [-0.15, -0.1) is 0 Å². The lowest BCUT2D eigenvalue weighted by atomic mass is 9.30. The van der Waals surface area contributed by atoms with E-state index < -0.39 is 0 Å². The fourth-order valence-corrected chi connectivity index (χ4v) is 11.1. The van der Waals surface area contributed by atoms with Gasteiger partial charge in [-0.05, 0) is 109 Å². The third-order valence-corrected chi connectivity index (χ3v) is 13.8. The van der Waals surface area contributed by atoms with E-state index in [1.165, 1.54) is 51.2 Å². The van der Waals surface area contributed by atoms with Crippen molar-refractivity contribution < 1.29 is 9.59 Å². The SMILES string of the molecule is C[C@H]1C(=O)CC[C@@H]2[C@]1(C)CC[C@H]1[C@@]2(C)CC[C@@]2(C)[C@@H]3C[C@](C)(C=O)CC[C@]3(C)CC[C@]12C. The molecular formula is C30H48O2. The van der Waals surface area contributed by atoms with Crippen molar-refractivity contribution in [3.05, 3.63) is 0 Å². The molecule has 0 aliphatic heterocycles. The second kappa shape index (κ2) is 6.72. The first-order valence-corrected chi connectivity index (χ1v) is 13.8. The summed E-state index contributed by atoms with van der Waals surface area (Å²) in [5, 5.41) is 0. The third-order valence-electron chi connectivity index (χ3n) is 13.8. The first-order valence-electron chi connectivity index (χ1n) is 13.8. The van der Waals surface area contributed by atoms with Crippen LogP contribution in [0.5, 0.6) is 0 Å². The van der Waals surface area contributed by atoms with Crippen molar-refractivity contribution in [3.63, 3.8) is 0 Å². The van der Waals surface area contributed by atoms with Gasteiger partial charge in [-0.25, -0.2) is 0 Å². The molecule has 5 rings (SSSR count). The van der Waals surface area contributed by atoms with Gasteiger partial charge < -0.3 is 4.79 Å². The molecular weight excluding hydrogens is 392 g/mol. The summed E-state index contributed by atoms with van der Waals surface area (Å²) in [5.74, 6) is 2.83. The standard InChI is InChI=1S/C30H48O2/c1-20-21(32)8-9-22-27(20,4)11-10-23-28(22,5)15-17-30(7)24-18-25(2,19-31)12-13-26(24,3)14-16-29(23,30)6/h19-20,22-24H,8-18H2,1-7H3/t20-,22+,23-,24+,25+,26+,27+,28-,29+,30-/m0/s1. The van der Waals surface area contributed by atoms with Gasteiger partial charge in [0.1, 0.15) is 12.1 Å². The maximum atomic E-state index is 12.7. The van der Waals surface area contributed by atoms with Gasteiger partial charge in [0, 0.05) is 17.8 Å². The Labute approximate surface area is 197 Å². The summed E-state index contributed by atoms with van der Waals surface area (Å²) < 4.78 is 0. The Hall–Kier alpha value is -0.660. The van der Waals surface area contributed by atoms with E-state index in [1.807, 2.05) is 0 Å². The van der Waals surface area contributed by atoms with Crippen LogP contribution in [0.15, 0.2) is 0 Å². The monoisotopic (exact) mass is 440 g/mol. The molecule has 0 radical (unpaired) electrons. The lowest BCUT2D eigenvalue weighted by Gasteiger charge is -2.74. The first kappa shape index (κ1) is 23.1. The van der Waals surface area contributed by atoms with Crippen LogP contribution in [0.3, 0.4) is 0 Å². The van der Waals surface area contributed by atoms with E-state index >= 15 is 0 Å². The molecule has 0 heterocycles. The summed E-state index contributed by atoms with van der Waals surface area (Å²) in [5.41, 5.74) is 1.48. The van der Waals surface area contributed by atoms with Crippen molar-refractivity contribution in [2.75, 3.05) is 0 Å². The van der Waals surface area contributed by atoms with Crippen LogP contribution in [0.1, 0.15) is 119 Å². The van der Waals surface area contributed by atoms with Gasteiger partial charge in [0.15, 0.2) is 0 Å². The van der Waals surface area contributed by atoms with Crippen LogP contribution in [0.25, 0.3) is 0 Å². The largest absolute Gasteiger partial charge is 0.303 e. The summed E-state index contributed by atoms with van der Waals surface area (Å²) >= 11 is 0. The lowest BCUT2D eigenvalue weighted by Crippen LogP contribution is -2.67. The van der Waals surface area contributed by atoms with Crippen molar-refractivity contribution in [2.45, 2.75) is 119 Å². The van der Waals surface area contributed by atoms with E-state index in [0.717, 1.165) is 31.6 Å². The fraction of sp³-hybridized carbons (Fsp3) is 0.933. The van der Waals surface area contributed by atoms with E-state index in [1.54, 1.807) is 0 Å². The molecule has 2 nitrogen and oxygen atoms in total. The number of hydrogen-bond donors (Lipinski definition) is 0. The quantitative estimate of drug-likeness (QED) is 0.393. The molecule has 0 aromatic heterocycles. The van der Waals surface area contributed by atoms with Crippen LogP contribution < -0.4 is 0 Å².